The van der Waals surface area contributed by atoms with Crippen LogP contribution in [0.2, 0.25) is 0 Å². The van der Waals surface area contributed by atoms with Crippen LogP contribution in [-0.4, -0.2) is 78.1 Å². The van der Waals surface area contributed by atoms with Gasteiger partial charge < -0.3 is 20.1 Å². The summed E-state index contributed by atoms with van der Waals surface area (Å²) in [5, 5.41) is 1.60. The summed E-state index contributed by atoms with van der Waals surface area (Å²) in [6.07, 6.45) is 1.49. The standard InChI is InChI=1S/C20H36N2O8S3/c1-19(2,3)29-17(25)21-13(9-11-31-7)15(23)33(27,28)16(24)14(10-12-32-8)22-18(26)30-20(4,5)6/h13-14H,9-12H2,1-8H3,(H,21,25)(H,22,26)/t13-,14-/m1/s1. The Morgan fingerprint density at radius 1 is 0.727 bits per heavy atom. The molecule has 0 aliphatic carbocycles. The van der Waals surface area contributed by atoms with Crippen molar-refractivity contribution in [1.82, 2.24) is 10.6 Å². The van der Waals surface area contributed by atoms with Gasteiger partial charge in [-0.25, -0.2) is 18.0 Å². The number of ether oxygens (including phenoxy) is 2. The maximum absolute atomic E-state index is 12.9. The van der Waals surface area contributed by atoms with Gasteiger partial charge in [0.25, 0.3) is 20.1 Å². The zero-order valence-corrected chi connectivity index (χ0v) is 22.9. The summed E-state index contributed by atoms with van der Waals surface area (Å²) in [5.74, 6) is 0.698. The van der Waals surface area contributed by atoms with Crippen LogP contribution in [-0.2, 0) is 28.9 Å². The SMILES string of the molecule is CSCC[C@@H](NC(=O)OC(C)(C)C)C(=O)S(=O)(=O)C(=O)[C@@H](CCSC)NC(=O)OC(C)(C)C. The molecule has 2 N–H and O–H groups in total. The first-order valence-electron chi connectivity index (χ1n) is 10.2. The topological polar surface area (TPSA) is 145 Å². The largest absolute Gasteiger partial charge is 0.444 e. The third kappa shape index (κ3) is 12.5. The molecule has 0 heterocycles. The molecule has 0 radical (unpaired) electrons. The number of carbonyl (C=O) groups excluding carboxylic acids is 4. The highest BCUT2D eigenvalue weighted by Crippen LogP contribution is 2.14. The van der Waals surface area contributed by atoms with Crippen LogP contribution in [0.1, 0.15) is 54.4 Å². The fourth-order valence-electron chi connectivity index (χ4n) is 2.34. The molecular weight excluding hydrogens is 492 g/mol. The normalized spacial score (nSPS) is 14.1. The Morgan fingerprint density at radius 2 is 1.03 bits per heavy atom. The second-order valence-electron chi connectivity index (χ2n) is 9.10. The highest BCUT2D eigenvalue weighted by molar-refractivity contribution is 8.19. The van der Waals surface area contributed by atoms with Crippen LogP contribution in [0.5, 0.6) is 0 Å². The fourth-order valence-corrected chi connectivity index (χ4v) is 4.59. The number of thioether (sulfide) groups is 2. The molecule has 0 aromatic heterocycles. The van der Waals surface area contributed by atoms with Crippen LogP contribution in [0.25, 0.3) is 0 Å². The molecule has 2 amide bonds. The summed E-state index contributed by atoms with van der Waals surface area (Å²) in [5.41, 5.74) is -1.74. The van der Waals surface area contributed by atoms with E-state index < -0.39 is 55.5 Å². The Balaban J connectivity index is 5.75. The van der Waals surface area contributed by atoms with Crippen LogP contribution in [0, 0.1) is 0 Å². The van der Waals surface area contributed by atoms with Gasteiger partial charge in [0.1, 0.15) is 23.3 Å². The lowest BCUT2D eigenvalue weighted by Gasteiger charge is -2.24. The number of hydrogen-bond acceptors (Lipinski definition) is 10. The van der Waals surface area contributed by atoms with Gasteiger partial charge in [-0.15, -0.1) is 0 Å². The third-order valence-electron chi connectivity index (χ3n) is 3.70. The molecular formula is C20H36N2O8S3. The van der Waals surface area contributed by atoms with E-state index in [1.807, 2.05) is 0 Å². The summed E-state index contributed by atoms with van der Waals surface area (Å²) >= 11 is 2.67. The maximum atomic E-state index is 12.9. The van der Waals surface area contributed by atoms with Gasteiger partial charge in [0.2, 0.25) is 0 Å². The van der Waals surface area contributed by atoms with E-state index in [2.05, 4.69) is 10.6 Å². The number of nitrogens with one attached hydrogen (secondary N) is 2. The molecule has 0 aromatic rings. The van der Waals surface area contributed by atoms with Crippen molar-refractivity contribution in [3.63, 3.8) is 0 Å². The highest BCUT2D eigenvalue weighted by atomic mass is 32.2. The molecule has 0 spiro atoms. The first kappa shape index (κ1) is 31.5. The van der Waals surface area contributed by atoms with Gasteiger partial charge in [-0.2, -0.15) is 23.5 Å². The van der Waals surface area contributed by atoms with Crippen LogP contribution in [0.4, 0.5) is 9.59 Å². The van der Waals surface area contributed by atoms with Crippen LogP contribution in [0.3, 0.4) is 0 Å². The van der Waals surface area contributed by atoms with E-state index in [0.717, 1.165) is 0 Å². The first-order valence-corrected chi connectivity index (χ1v) is 14.5. The van der Waals surface area contributed by atoms with Gasteiger partial charge in [-0.05, 0) is 78.4 Å². The Bertz CT molecular complexity index is 741. The lowest BCUT2D eigenvalue weighted by Crippen LogP contribution is -2.51. The Labute approximate surface area is 205 Å². The van der Waals surface area contributed by atoms with E-state index in [0.29, 0.717) is 11.5 Å². The van der Waals surface area contributed by atoms with E-state index in [1.165, 1.54) is 23.5 Å². The fraction of sp³-hybridized carbons (Fsp3) is 0.800. The molecule has 0 saturated heterocycles. The third-order valence-corrected chi connectivity index (χ3v) is 6.62. The molecule has 0 saturated carbocycles. The van der Waals surface area contributed by atoms with E-state index in [1.54, 1.807) is 54.1 Å². The average Bonchev–Trinajstić information content (AvgIpc) is 2.64. The van der Waals surface area contributed by atoms with Crippen molar-refractivity contribution in [1.29, 1.82) is 0 Å². The Hall–Kier alpha value is -1.47. The minimum absolute atomic E-state index is 0.0271. The predicted octanol–water partition coefficient (Wildman–Crippen LogP) is 2.75. The van der Waals surface area contributed by atoms with Crippen LogP contribution < -0.4 is 10.6 Å². The average molecular weight is 529 g/mol. The number of amides is 2. The van der Waals surface area contributed by atoms with E-state index in [9.17, 15) is 27.6 Å². The first-order chi connectivity index (χ1) is 14.9. The van der Waals surface area contributed by atoms with Crippen LogP contribution in [0.15, 0.2) is 0 Å². The molecule has 0 aliphatic rings. The van der Waals surface area contributed by atoms with Gasteiger partial charge in [-0.1, -0.05) is 0 Å². The van der Waals surface area contributed by atoms with Crippen molar-refractivity contribution in [2.45, 2.75) is 77.7 Å². The summed E-state index contributed by atoms with van der Waals surface area (Å²) < 4.78 is 36.0. The van der Waals surface area contributed by atoms with Crippen molar-refractivity contribution >= 4 is 55.8 Å². The monoisotopic (exact) mass is 528 g/mol. The summed E-state index contributed by atoms with van der Waals surface area (Å²) in [6.45, 7) is 9.69. The molecule has 0 bridgehead atoms. The van der Waals surface area contributed by atoms with Crippen LogP contribution >= 0.6 is 23.5 Å². The summed E-state index contributed by atoms with van der Waals surface area (Å²) in [4.78, 5) is 50.0. The number of carbonyl (C=O) groups is 4. The number of alkyl carbamates (subject to hydrolysis) is 2. The van der Waals surface area contributed by atoms with Crippen molar-refractivity contribution in [3.8, 4) is 0 Å². The minimum Gasteiger partial charge on any atom is -0.444 e. The highest BCUT2D eigenvalue weighted by Gasteiger charge is 2.42. The molecule has 33 heavy (non-hydrogen) atoms. The van der Waals surface area contributed by atoms with Crippen molar-refractivity contribution in [3.05, 3.63) is 0 Å². The lowest BCUT2D eigenvalue weighted by atomic mass is 10.2. The van der Waals surface area contributed by atoms with Crippen molar-refractivity contribution in [2.75, 3.05) is 24.0 Å². The van der Waals surface area contributed by atoms with Gasteiger partial charge in [-0.3, -0.25) is 9.59 Å². The van der Waals surface area contributed by atoms with Gasteiger partial charge in [0.05, 0.1) is 0 Å². The number of hydrogen-bond donors (Lipinski definition) is 2. The van der Waals surface area contributed by atoms with Crippen molar-refractivity contribution in [2.24, 2.45) is 0 Å². The van der Waals surface area contributed by atoms with E-state index in [-0.39, 0.29) is 12.8 Å². The minimum atomic E-state index is -5.01. The molecule has 0 fully saturated rings. The van der Waals surface area contributed by atoms with Gasteiger partial charge >= 0.3 is 12.2 Å². The Morgan fingerprint density at radius 3 is 1.27 bits per heavy atom. The molecule has 0 unspecified atom stereocenters. The molecule has 0 rings (SSSR count). The summed E-state index contributed by atoms with van der Waals surface area (Å²) in [6, 6.07) is -2.96. The summed E-state index contributed by atoms with van der Waals surface area (Å²) in [7, 11) is -5.01. The quantitative estimate of drug-likeness (QED) is 0.434. The molecule has 13 heteroatoms. The molecule has 10 nitrogen and oxygen atoms in total. The molecule has 0 aromatic carbocycles. The zero-order chi connectivity index (χ0) is 26.0. The van der Waals surface area contributed by atoms with E-state index in [4.69, 9.17) is 9.47 Å². The molecule has 0 aliphatic heterocycles. The second-order valence-corrected chi connectivity index (χ2v) is 12.9. The van der Waals surface area contributed by atoms with Gasteiger partial charge in [0, 0.05) is 0 Å². The second kappa shape index (κ2) is 13.4. The molecule has 192 valence electrons. The maximum Gasteiger partial charge on any atom is 0.408 e. The number of sulfone groups is 1. The van der Waals surface area contributed by atoms with Gasteiger partial charge in [0.15, 0.2) is 0 Å². The Kier molecular flexibility index (Phi) is 12.8. The lowest BCUT2D eigenvalue weighted by molar-refractivity contribution is -0.116. The zero-order valence-electron chi connectivity index (χ0n) is 20.5. The van der Waals surface area contributed by atoms with Crippen molar-refractivity contribution < 1.29 is 37.1 Å². The number of rotatable bonds is 10. The predicted molar refractivity (Wildman–Crippen MR) is 131 cm³/mol. The van der Waals surface area contributed by atoms with E-state index >= 15 is 0 Å². The smallest absolute Gasteiger partial charge is 0.408 e. The molecule has 2 atom stereocenters.